The maximum atomic E-state index is 13.6. The van der Waals surface area contributed by atoms with Crippen LogP contribution in [0.25, 0.3) is 0 Å². The number of ketones is 1. The lowest BCUT2D eigenvalue weighted by Gasteiger charge is -2.41. The number of aryl methyl sites for hydroxylation is 3. The quantitative estimate of drug-likeness (QED) is 0.507. The van der Waals surface area contributed by atoms with E-state index in [0.717, 1.165) is 47.9 Å². The van der Waals surface area contributed by atoms with Crippen LogP contribution in [0, 0.1) is 32.1 Å². The van der Waals surface area contributed by atoms with Gasteiger partial charge in [0, 0.05) is 11.0 Å². The van der Waals surface area contributed by atoms with Gasteiger partial charge < -0.3 is 5.11 Å². The lowest BCUT2D eigenvalue weighted by molar-refractivity contribution is -0.146. The number of carboxylic acids is 1. The molecule has 1 saturated carbocycles. The third-order valence-electron chi connectivity index (χ3n) is 5.64. The molecule has 0 bridgehead atoms. The number of hydrogen-bond acceptors (Lipinski definition) is 3. The Morgan fingerprint density at radius 2 is 1.58 bits per heavy atom. The second kappa shape index (κ2) is 9.97. The highest BCUT2D eigenvalue weighted by molar-refractivity contribution is 7.00. The Hall–Kier alpha value is -1.54. The van der Waals surface area contributed by atoms with Crippen molar-refractivity contribution in [1.29, 1.82) is 0 Å². The van der Waals surface area contributed by atoms with E-state index in [1.165, 1.54) is 0 Å². The summed E-state index contributed by atoms with van der Waals surface area (Å²) in [6.45, 7) is 7.97. The largest absolute Gasteiger partial charge is 0.481 e. The molecule has 1 N–H and O–H groups in total. The zero-order valence-corrected chi connectivity index (χ0v) is 17.4. The summed E-state index contributed by atoms with van der Waals surface area (Å²) in [6, 6.07) is 4.07. The molecule has 1 fully saturated rings. The molecule has 2 rings (SSSR count). The van der Waals surface area contributed by atoms with E-state index in [2.05, 4.69) is 0 Å². The normalized spacial score (nSPS) is 16.9. The molecule has 0 saturated heterocycles. The van der Waals surface area contributed by atoms with Crippen molar-refractivity contribution in [1.82, 2.24) is 0 Å². The number of hydrogen-bond donors (Lipinski definition) is 1. The Bertz CT molecular complexity index is 624. The molecule has 0 aromatic heterocycles. The van der Waals surface area contributed by atoms with Crippen LogP contribution in [0.4, 0.5) is 0 Å². The molecule has 144 valence electrons. The Kier molecular flexibility index (Phi) is 8.62. The first-order valence-electron chi connectivity index (χ1n) is 9.39. The van der Waals surface area contributed by atoms with Crippen molar-refractivity contribution in [3.63, 3.8) is 0 Å². The molecule has 4 nitrogen and oxygen atoms in total. The fourth-order valence-corrected chi connectivity index (χ4v) is 4.63. The third kappa shape index (κ3) is 4.59. The Balaban J connectivity index is 0.00000163. The molecular formula is C21H31O4P. The third-order valence-corrected chi connectivity index (χ3v) is 5.64. The summed E-state index contributed by atoms with van der Waals surface area (Å²) < 4.78 is 8.06. The molecule has 0 aliphatic heterocycles. The SMILES string of the molecule is CCCC(C(=O)O)C1(C(=O)c2c(C)cc(C)cc2C)CCCCC1.O=P. The smallest absolute Gasteiger partial charge is 0.307 e. The zero-order valence-electron chi connectivity index (χ0n) is 16.4. The second-order valence-electron chi connectivity index (χ2n) is 7.50. The highest BCUT2D eigenvalue weighted by atomic mass is 31.0. The van der Waals surface area contributed by atoms with E-state index < -0.39 is 17.3 Å². The van der Waals surface area contributed by atoms with Crippen LogP contribution in [-0.4, -0.2) is 16.9 Å². The molecule has 0 heterocycles. The topological polar surface area (TPSA) is 71.4 Å². The molecule has 1 unspecified atom stereocenters. The summed E-state index contributed by atoms with van der Waals surface area (Å²) in [5.74, 6) is -1.32. The molecule has 0 radical (unpaired) electrons. The monoisotopic (exact) mass is 378 g/mol. The predicted molar refractivity (Wildman–Crippen MR) is 106 cm³/mol. The second-order valence-corrected chi connectivity index (χ2v) is 7.50. The van der Waals surface area contributed by atoms with Crippen molar-refractivity contribution < 1.29 is 19.3 Å². The molecular weight excluding hydrogens is 347 g/mol. The fraction of sp³-hybridized carbons (Fsp3) is 0.619. The highest BCUT2D eigenvalue weighted by Gasteiger charge is 2.49. The van der Waals surface area contributed by atoms with Gasteiger partial charge in [0.1, 0.15) is 9.12 Å². The summed E-state index contributed by atoms with van der Waals surface area (Å²) in [5.41, 5.74) is 3.11. The first kappa shape index (κ1) is 22.5. The van der Waals surface area contributed by atoms with Gasteiger partial charge in [-0.2, -0.15) is 0 Å². The van der Waals surface area contributed by atoms with Crippen molar-refractivity contribution >= 4 is 20.9 Å². The number of aliphatic carboxylic acids is 1. The Morgan fingerprint density at radius 3 is 2.00 bits per heavy atom. The summed E-state index contributed by atoms with van der Waals surface area (Å²) >= 11 is 0. The van der Waals surface area contributed by atoms with Gasteiger partial charge in [-0.05, 0) is 51.2 Å². The highest BCUT2D eigenvalue weighted by Crippen LogP contribution is 2.47. The van der Waals surface area contributed by atoms with Gasteiger partial charge in [0.05, 0.1) is 5.92 Å². The van der Waals surface area contributed by atoms with Gasteiger partial charge in [-0.25, -0.2) is 0 Å². The lowest BCUT2D eigenvalue weighted by Crippen LogP contribution is -2.44. The van der Waals surface area contributed by atoms with Crippen LogP contribution in [0.3, 0.4) is 0 Å². The maximum absolute atomic E-state index is 13.6. The number of carbonyl (C=O) groups excluding carboxylic acids is 1. The van der Waals surface area contributed by atoms with E-state index in [1.54, 1.807) is 9.12 Å². The van der Waals surface area contributed by atoms with Gasteiger partial charge in [0.15, 0.2) is 5.78 Å². The van der Waals surface area contributed by atoms with Gasteiger partial charge in [0.2, 0.25) is 0 Å². The van der Waals surface area contributed by atoms with Gasteiger partial charge in [-0.3, -0.25) is 14.2 Å². The number of carboxylic acid groups (broad SMARTS) is 1. The van der Waals surface area contributed by atoms with Gasteiger partial charge >= 0.3 is 5.97 Å². The maximum Gasteiger partial charge on any atom is 0.307 e. The molecule has 1 aromatic carbocycles. The average Bonchev–Trinajstić information content (AvgIpc) is 2.60. The number of Topliss-reactive ketones (excluding diaryl/α,β-unsaturated/α-hetero) is 1. The average molecular weight is 378 g/mol. The fourth-order valence-electron chi connectivity index (χ4n) is 4.63. The van der Waals surface area contributed by atoms with Crippen LogP contribution in [-0.2, 0) is 9.36 Å². The summed E-state index contributed by atoms with van der Waals surface area (Å²) in [7, 11) is 1.72. The minimum Gasteiger partial charge on any atom is -0.481 e. The summed E-state index contributed by atoms with van der Waals surface area (Å²) in [4.78, 5) is 25.6. The van der Waals surface area contributed by atoms with Crippen molar-refractivity contribution in [2.24, 2.45) is 11.3 Å². The molecule has 1 aliphatic rings. The van der Waals surface area contributed by atoms with Gasteiger partial charge in [0.25, 0.3) is 0 Å². The van der Waals surface area contributed by atoms with E-state index in [0.29, 0.717) is 19.3 Å². The molecule has 1 aliphatic carbocycles. The van der Waals surface area contributed by atoms with E-state index in [9.17, 15) is 14.7 Å². The van der Waals surface area contributed by atoms with Crippen molar-refractivity contribution in [2.45, 2.75) is 72.6 Å². The summed E-state index contributed by atoms with van der Waals surface area (Å²) in [5, 5.41) is 9.85. The molecule has 1 aromatic rings. The van der Waals surface area contributed by atoms with Crippen LogP contribution in [0.1, 0.15) is 78.9 Å². The lowest BCUT2D eigenvalue weighted by atomic mass is 9.60. The minimum absolute atomic E-state index is 0.0676. The van der Waals surface area contributed by atoms with Crippen molar-refractivity contribution in [3.05, 3.63) is 34.4 Å². The molecule has 0 amide bonds. The zero-order chi connectivity index (χ0) is 19.9. The standard InChI is InChI=1S/C21H30O3.HOP/c1-5-9-17(20(23)24)21(10-7-6-8-11-21)19(22)18-15(3)12-14(2)13-16(18)4;1-2/h12-13,17H,5-11H2,1-4H3,(H,23,24);2H. The first-order valence-corrected chi connectivity index (χ1v) is 9.80. The van der Waals surface area contributed by atoms with Crippen LogP contribution >= 0.6 is 9.12 Å². The van der Waals surface area contributed by atoms with Crippen LogP contribution in [0.5, 0.6) is 0 Å². The number of carbonyl (C=O) groups is 2. The van der Waals surface area contributed by atoms with E-state index in [1.807, 2.05) is 39.8 Å². The van der Waals surface area contributed by atoms with E-state index in [-0.39, 0.29) is 5.78 Å². The van der Waals surface area contributed by atoms with Crippen LogP contribution in [0.15, 0.2) is 12.1 Å². The number of benzene rings is 1. The van der Waals surface area contributed by atoms with E-state index in [4.69, 9.17) is 4.57 Å². The molecule has 5 heteroatoms. The van der Waals surface area contributed by atoms with Crippen LogP contribution in [0.2, 0.25) is 0 Å². The van der Waals surface area contributed by atoms with Crippen LogP contribution < -0.4 is 0 Å². The molecule has 26 heavy (non-hydrogen) atoms. The van der Waals surface area contributed by atoms with Gasteiger partial charge in [-0.1, -0.05) is 50.3 Å². The molecule has 1 atom stereocenters. The Labute approximate surface area is 159 Å². The van der Waals surface area contributed by atoms with E-state index >= 15 is 0 Å². The number of rotatable bonds is 6. The summed E-state index contributed by atoms with van der Waals surface area (Å²) in [6.07, 6.45) is 5.76. The van der Waals surface area contributed by atoms with Crippen molar-refractivity contribution in [2.75, 3.05) is 0 Å². The van der Waals surface area contributed by atoms with Gasteiger partial charge in [-0.15, -0.1) is 0 Å². The van der Waals surface area contributed by atoms with Crippen molar-refractivity contribution in [3.8, 4) is 0 Å². The minimum atomic E-state index is -0.811. The Morgan fingerprint density at radius 1 is 1.08 bits per heavy atom. The predicted octanol–water partition coefficient (Wildman–Crippen LogP) is 5.72. The molecule has 0 spiro atoms. The first-order chi connectivity index (χ1) is 12.3.